The van der Waals surface area contributed by atoms with E-state index in [9.17, 15) is 0 Å². The lowest BCUT2D eigenvalue weighted by Gasteiger charge is -2.20. The van der Waals surface area contributed by atoms with Gasteiger partial charge in [0, 0.05) is 17.8 Å². The van der Waals surface area contributed by atoms with Crippen molar-refractivity contribution < 1.29 is 4.74 Å². The Balaban J connectivity index is 1.89. The monoisotopic (exact) mass is 374 g/mol. The van der Waals surface area contributed by atoms with Gasteiger partial charge < -0.3 is 15.0 Å². The van der Waals surface area contributed by atoms with E-state index in [2.05, 4.69) is 72.9 Å². The molecule has 2 unspecified atom stereocenters. The van der Waals surface area contributed by atoms with Crippen molar-refractivity contribution >= 4 is 11.3 Å². The highest BCUT2D eigenvalue weighted by Crippen LogP contribution is 2.28. The molecule has 0 saturated carbocycles. The summed E-state index contributed by atoms with van der Waals surface area (Å²) in [5.74, 6) is 1.76. The highest BCUT2D eigenvalue weighted by molar-refractivity contribution is 7.10. The van der Waals surface area contributed by atoms with Crippen molar-refractivity contribution in [2.75, 3.05) is 27.2 Å². The van der Waals surface area contributed by atoms with Crippen LogP contribution in [-0.4, -0.2) is 32.1 Å². The number of hydrogen-bond acceptors (Lipinski definition) is 4. The van der Waals surface area contributed by atoms with E-state index in [1.165, 1.54) is 23.3 Å². The summed E-state index contributed by atoms with van der Waals surface area (Å²) < 4.78 is 6.27. The Morgan fingerprint density at radius 3 is 2.54 bits per heavy atom. The molecule has 0 saturated heterocycles. The first-order valence-electron chi connectivity index (χ1n) is 9.74. The average molecular weight is 375 g/mol. The van der Waals surface area contributed by atoms with Crippen LogP contribution >= 0.6 is 11.3 Å². The van der Waals surface area contributed by atoms with Crippen molar-refractivity contribution in [1.29, 1.82) is 0 Å². The van der Waals surface area contributed by atoms with Gasteiger partial charge in [0.05, 0.1) is 0 Å². The van der Waals surface area contributed by atoms with Crippen LogP contribution in [0, 0.1) is 5.92 Å². The van der Waals surface area contributed by atoms with Gasteiger partial charge in [0.1, 0.15) is 11.9 Å². The summed E-state index contributed by atoms with van der Waals surface area (Å²) in [7, 11) is 4.19. The molecule has 144 valence electrons. The molecule has 0 spiro atoms. The molecule has 0 bridgehead atoms. The lowest BCUT2D eigenvalue weighted by atomic mass is 10.1. The number of hydrogen-bond donors (Lipinski definition) is 1. The molecule has 2 rings (SSSR count). The maximum Gasteiger partial charge on any atom is 0.134 e. The quantitative estimate of drug-likeness (QED) is 0.542. The zero-order chi connectivity index (χ0) is 18.8. The standard InChI is InChI=1S/C22H34N2OS/c1-5-18(2)13-15-24(4)17-19-8-10-20(11-9-19)25-21(12-14-23-3)22-7-6-16-26-22/h6-11,16,18,21,23H,5,12-15,17H2,1-4H3. The molecule has 2 atom stereocenters. The lowest BCUT2D eigenvalue weighted by Crippen LogP contribution is -2.20. The zero-order valence-corrected chi connectivity index (χ0v) is 17.5. The van der Waals surface area contributed by atoms with Gasteiger partial charge in [0.15, 0.2) is 0 Å². The third kappa shape index (κ3) is 7.10. The molecule has 3 nitrogen and oxygen atoms in total. The van der Waals surface area contributed by atoms with Gasteiger partial charge in [-0.3, -0.25) is 0 Å². The van der Waals surface area contributed by atoms with Crippen molar-refractivity contribution in [1.82, 2.24) is 10.2 Å². The van der Waals surface area contributed by atoms with E-state index in [1.807, 2.05) is 7.05 Å². The fourth-order valence-electron chi connectivity index (χ4n) is 2.88. The smallest absolute Gasteiger partial charge is 0.134 e. The number of ether oxygens (including phenoxy) is 1. The van der Waals surface area contributed by atoms with Gasteiger partial charge in [-0.1, -0.05) is 38.5 Å². The first-order chi connectivity index (χ1) is 12.6. The van der Waals surface area contributed by atoms with Gasteiger partial charge in [-0.15, -0.1) is 11.3 Å². The predicted octanol–water partition coefficient (Wildman–Crippen LogP) is 5.35. The topological polar surface area (TPSA) is 24.5 Å². The van der Waals surface area contributed by atoms with Crippen molar-refractivity contribution in [3.63, 3.8) is 0 Å². The highest BCUT2D eigenvalue weighted by atomic mass is 32.1. The summed E-state index contributed by atoms with van der Waals surface area (Å²) in [6, 6.07) is 12.9. The Morgan fingerprint density at radius 1 is 1.15 bits per heavy atom. The molecule has 0 amide bonds. The molecule has 0 aliphatic heterocycles. The molecule has 0 aliphatic carbocycles. The summed E-state index contributed by atoms with van der Waals surface area (Å²) in [4.78, 5) is 3.69. The van der Waals surface area contributed by atoms with E-state index < -0.39 is 0 Å². The minimum atomic E-state index is 0.117. The Bertz CT molecular complexity index is 597. The minimum Gasteiger partial charge on any atom is -0.485 e. The molecule has 0 radical (unpaired) electrons. The van der Waals surface area contributed by atoms with E-state index in [0.717, 1.165) is 37.7 Å². The normalized spacial score (nSPS) is 13.7. The number of rotatable bonds is 12. The van der Waals surface area contributed by atoms with Gasteiger partial charge >= 0.3 is 0 Å². The van der Waals surface area contributed by atoms with Crippen molar-refractivity contribution in [3.05, 3.63) is 52.2 Å². The molecule has 0 aliphatic rings. The van der Waals surface area contributed by atoms with Crippen LogP contribution in [0.3, 0.4) is 0 Å². The van der Waals surface area contributed by atoms with E-state index in [1.54, 1.807) is 11.3 Å². The third-order valence-electron chi connectivity index (χ3n) is 4.87. The number of thiophene rings is 1. The van der Waals surface area contributed by atoms with Gasteiger partial charge in [-0.05, 0) is 68.7 Å². The molecule has 1 aromatic heterocycles. The molecule has 26 heavy (non-hydrogen) atoms. The Labute approximate surface area is 163 Å². The summed E-state index contributed by atoms with van der Waals surface area (Å²) in [5, 5.41) is 5.33. The maximum atomic E-state index is 6.27. The summed E-state index contributed by atoms with van der Waals surface area (Å²) >= 11 is 1.76. The molecular formula is C22H34N2OS. The fourth-order valence-corrected chi connectivity index (χ4v) is 3.67. The van der Waals surface area contributed by atoms with Crippen LogP contribution in [0.1, 0.15) is 49.7 Å². The van der Waals surface area contributed by atoms with E-state index in [-0.39, 0.29) is 6.10 Å². The molecule has 1 heterocycles. The fraction of sp³-hybridized carbons (Fsp3) is 0.545. The molecule has 4 heteroatoms. The van der Waals surface area contributed by atoms with Gasteiger partial charge in [-0.2, -0.15) is 0 Å². The molecule has 1 aromatic carbocycles. The molecule has 0 fully saturated rings. The molecular weight excluding hydrogens is 340 g/mol. The maximum absolute atomic E-state index is 6.27. The van der Waals surface area contributed by atoms with Crippen molar-refractivity contribution in [3.8, 4) is 5.75 Å². The third-order valence-corrected chi connectivity index (χ3v) is 5.84. The van der Waals surface area contributed by atoms with Crippen LogP contribution in [0.5, 0.6) is 5.75 Å². The summed E-state index contributed by atoms with van der Waals surface area (Å²) in [6.45, 7) is 7.69. The van der Waals surface area contributed by atoms with Gasteiger partial charge in [0.2, 0.25) is 0 Å². The first-order valence-corrected chi connectivity index (χ1v) is 10.6. The van der Waals surface area contributed by atoms with Crippen LogP contribution in [-0.2, 0) is 6.54 Å². The minimum absolute atomic E-state index is 0.117. The number of benzene rings is 1. The summed E-state index contributed by atoms with van der Waals surface area (Å²) in [5.41, 5.74) is 1.34. The van der Waals surface area contributed by atoms with Gasteiger partial charge in [-0.25, -0.2) is 0 Å². The second-order valence-corrected chi connectivity index (χ2v) is 8.18. The van der Waals surface area contributed by atoms with Crippen LogP contribution in [0.25, 0.3) is 0 Å². The predicted molar refractivity (Wildman–Crippen MR) is 113 cm³/mol. The second-order valence-electron chi connectivity index (χ2n) is 7.20. The van der Waals surface area contributed by atoms with Crippen LogP contribution in [0.4, 0.5) is 0 Å². The zero-order valence-electron chi connectivity index (χ0n) is 16.7. The van der Waals surface area contributed by atoms with E-state index in [0.29, 0.717) is 0 Å². The Kier molecular flexibility index (Phi) is 9.16. The molecule has 1 N–H and O–H groups in total. The summed E-state index contributed by atoms with van der Waals surface area (Å²) in [6.07, 6.45) is 3.62. The Morgan fingerprint density at radius 2 is 1.92 bits per heavy atom. The van der Waals surface area contributed by atoms with Crippen LogP contribution in [0.15, 0.2) is 41.8 Å². The highest BCUT2D eigenvalue weighted by Gasteiger charge is 2.14. The van der Waals surface area contributed by atoms with Crippen molar-refractivity contribution in [2.45, 2.75) is 45.8 Å². The second kappa shape index (κ2) is 11.4. The Hall–Kier alpha value is -1.36. The first kappa shape index (κ1) is 20.9. The van der Waals surface area contributed by atoms with Crippen LogP contribution in [0.2, 0.25) is 0 Å². The van der Waals surface area contributed by atoms with Crippen molar-refractivity contribution in [2.24, 2.45) is 5.92 Å². The number of nitrogens with zero attached hydrogens (tertiary/aromatic N) is 1. The largest absolute Gasteiger partial charge is 0.485 e. The molecule has 2 aromatic rings. The van der Waals surface area contributed by atoms with E-state index >= 15 is 0 Å². The van der Waals surface area contributed by atoms with E-state index in [4.69, 9.17) is 4.74 Å². The lowest BCUT2D eigenvalue weighted by molar-refractivity contribution is 0.198. The number of nitrogens with one attached hydrogen (secondary N) is 1. The van der Waals surface area contributed by atoms with Gasteiger partial charge in [0.25, 0.3) is 0 Å². The van der Waals surface area contributed by atoms with Crippen LogP contribution < -0.4 is 10.1 Å². The average Bonchev–Trinajstić information content (AvgIpc) is 3.19. The SMILES string of the molecule is CCC(C)CCN(C)Cc1ccc(OC(CCNC)c2cccs2)cc1.